The highest BCUT2D eigenvalue weighted by atomic mass is 35.5. The predicted octanol–water partition coefficient (Wildman–Crippen LogP) is 2.88. The molecule has 1 saturated heterocycles. The Morgan fingerprint density at radius 1 is 1.42 bits per heavy atom. The van der Waals surface area contributed by atoms with Crippen LogP contribution in [0.5, 0.6) is 0 Å². The first kappa shape index (κ1) is 14.1. The zero-order chi connectivity index (χ0) is 14.2. The van der Waals surface area contributed by atoms with Crippen molar-refractivity contribution >= 4 is 17.6 Å². The number of rotatable bonds is 3. The largest absolute Gasteiger partial charge is 0.481 e. The van der Waals surface area contributed by atoms with Gasteiger partial charge in [0, 0.05) is 19.6 Å². The molecule has 1 N–H and O–H groups in total. The van der Waals surface area contributed by atoms with Crippen molar-refractivity contribution in [3.05, 3.63) is 34.3 Å². The van der Waals surface area contributed by atoms with Gasteiger partial charge in [0.1, 0.15) is 0 Å². The highest BCUT2D eigenvalue weighted by Crippen LogP contribution is 2.35. The lowest BCUT2D eigenvalue weighted by Gasteiger charge is -2.36. The van der Waals surface area contributed by atoms with E-state index in [2.05, 4.69) is 0 Å². The van der Waals surface area contributed by atoms with Crippen molar-refractivity contribution in [3.8, 4) is 0 Å². The van der Waals surface area contributed by atoms with Crippen molar-refractivity contribution < 1.29 is 23.1 Å². The van der Waals surface area contributed by atoms with E-state index < -0.39 is 23.6 Å². The number of carboxylic acid groups (broad SMARTS) is 1. The van der Waals surface area contributed by atoms with Crippen LogP contribution in [-0.2, 0) is 17.5 Å². The molecule has 1 aliphatic rings. The summed E-state index contributed by atoms with van der Waals surface area (Å²) in [6.45, 7) is 1.02. The zero-order valence-electron chi connectivity index (χ0n) is 9.75. The van der Waals surface area contributed by atoms with Gasteiger partial charge in [0.2, 0.25) is 0 Å². The molecule has 0 saturated carbocycles. The van der Waals surface area contributed by atoms with Gasteiger partial charge in [0.25, 0.3) is 0 Å². The maximum atomic E-state index is 12.7. The number of halogens is 4. The molecule has 1 aliphatic heterocycles. The first-order chi connectivity index (χ1) is 8.77. The van der Waals surface area contributed by atoms with Crippen molar-refractivity contribution in [2.24, 2.45) is 5.92 Å². The molecule has 2 rings (SSSR count). The van der Waals surface area contributed by atoms with Crippen LogP contribution in [0, 0.1) is 5.92 Å². The summed E-state index contributed by atoms with van der Waals surface area (Å²) in [6.07, 6.45) is -4.48. The first-order valence-corrected chi connectivity index (χ1v) is 5.96. The molecule has 0 bridgehead atoms. The predicted molar refractivity (Wildman–Crippen MR) is 62.9 cm³/mol. The topological polar surface area (TPSA) is 40.5 Å². The van der Waals surface area contributed by atoms with Gasteiger partial charge in [-0.15, -0.1) is 0 Å². The van der Waals surface area contributed by atoms with E-state index in [0.717, 1.165) is 6.07 Å². The van der Waals surface area contributed by atoms with Crippen LogP contribution in [0.15, 0.2) is 18.2 Å². The summed E-state index contributed by atoms with van der Waals surface area (Å²) in [4.78, 5) is 12.4. The van der Waals surface area contributed by atoms with E-state index in [9.17, 15) is 18.0 Å². The van der Waals surface area contributed by atoms with Crippen molar-refractivity contribution in [2.75, 3.05) is 13.1 Å². The molecule has 1 aromatic carbocycles. The molecule has 0 atom stereocenters. The number of alkyl halides is 3. The summed E-state index contributed by atoms with van der Waals surface area (Å²) in [5.74, 6) is -1.29. The number of carbonyl (C=O) groups is 1. The smallest absolute Gasteiger partial charge is 0.417 e. The highest BCUT2D eigenvalue weighted by molar-refractivity contribution is 6.31. The van der Waals surface area contributed by atoms with E-state index in [1.807, 2.05) is 0 Å². The third kappa shape index (κ3) is 3.19. The second-order valence-electron chi connectivity index (χ2n) is 4.54. The summed E-state index contributed by atoms with van der Waals surface area (Å²) < 4.78 is 38.0. The molecule has 7 heteroatoms. The Bertz CT molecular complexity index is 498. The van der Waals surface area contributed by atoms with Crippen LogP contribution in [0.25, 0.3) is 0 Å². The fourth-order valence-corrected chi connectivity index (χ4v) is 2.23. The minimum atomic E-state index is -4.48. The molecule has 19 heavy (non-hydrogen) atoms. The number of nitrogens with zero attached hydrogens (tertiary/aromatic N) is 1. The Morgan fingerprint density at radius 2 is 2.05 bits per heavy atom. The minimum Gasteiger partial charge on any atom is -0.481 e. The van der Waals surface area contributed by atoms with Crippen LogP contribution in [-0.4, -0.2) is 29.1 Å². The second-order valence-corrected chi connectivity index (χ2v) is 4.95. The Balaban J connectivity index is 2.05. The molecule has 0 spiro atoms. The number of hydrogen-bond donors (Lipinski definition) is 1. The van der Waals surface area contributed by atoms with E-state index in [0.29, 0.717) is 25.2 Å². The molecule has 0 amide bonds. The van der Waals surface area contributed by atoms with Gasteiger partial charge in [-0.3, -0.25) is 9.69 Å². The lowest BCUT2D eigenvalue weighted by molar-refractivity contribution is -0.147. The van der Waals surface area contributed by atoms with Gasteiger partial charge in [-0.1, -0.05) is 17.7 Å². The van der Waals surface area contributed by atoms with E-state index in [1.54, 1.807) is 4.90 Å². The summed E-state index contributed by atoms with van der Waals surface area (Å²) >= 11 is 5.52. The first-order valence-electron chi connectivity index (χ1n) is 5.58. The van der Waals surface area contributed by atoms with E-state index in [4.69, 9.17) is 16.7 Å². The molecule has 0 aliphatic carbocycles. The Labute approximate surface area is 112 Å². The van der Waals surface area contributed by atoms with Gasteiger partial charge in [-0.05, 0) is 17.7 Å². The highest BCUT2D eigenvalue weighted by Gasteiger charge is 2.35. The Hall–Kier alpha value is -1.27. The zero-order valence-corrected chi connectivity index (χ0v) is 10.5. The molecule has 1 fully saturated rings. The number of likely N-dealkylation sites (tertiary alicyclic amines) is 1. The van der Waals surface area contributed by atoms with Gasteiger partial charge in [-0.2, -0.15) is 13.2 Å². The fraction of sp³-hybridized carbons (Fsp3) is 0.417. The molecule has 0 aromatic heterocycles. The van der Waals surface area contributed by atoms with Crippen LogP contribution in [0.3, 0.4) is 0 Å². The van der Waals surface area contributed by atoms with Gasteiger partial charge in [0.05, 0.1) is 16.5 Å². The molecule has 1 aromatic rings. The average molecular weight is 294 g/mol. The Kier molecular flexibility index (Phi) is 3.73. The Morgan fingerprint density at radius 3 is 2.58 bits per heavy atom. The van der Waals surface area contributed by atoms with Crippen molar-refractivity contribution in [1.82, 2.24) is 4.90 Å². The third-order valence-corrected chi connectivity index (χ3v) is 3.38. The maximum absolute atomic E-state index is 12.7. The molecule has 3 nitrogen and oxygen atoms in total. The number of aliphatic carboxylic acids is 1. The van der Waals surface area contributed by atoms with Crippen LogP contribution in [0.2, 0.25) is 5.02 Å². The standard InChI is InChI=1S/C12H11ClF3NO2/c13-10-2-1-7(3-9(10)12(14,15)16)4-17-5-8(6-17)11(18)19/h1-3,8H,4-6H2,(H,18,19). The van der Waals surface area contributed by atoms with Crippen LogP contribution in [0.1, 0.15) is 11.1 Å². The van der Waals surface area contributed by atoms with Crippen molar-refractivity contribution in [2.45, 2.75) is 12.7 Å². The molecule has 104 valence electrons. The normalized spacial score (nSPS) is 17.3. The average Bonchev–Trinajstić information content (AvgIpc) is 2.22. The summed E-state index contributed by atoms with van der Waals surface area (Å²) in [5, 5.41) is 8.38. The molecular weight excluding hydrogens is 283 g/mol. The molecule has 0 radical (unpaired) electrons. The van der Waals surface area contributed by atoms with Crippen molar-refractivity contribution in [3.63, 3.8) is 0 Å². The molecule has 0 unspecified atom stereocenters. The number of hydrogen-bond acceptors (Lipinski definition) is 2. The van der Waals surface area contributed by atoms with Gasteiger partial charge < -0.3 is 5.11 Å². The van der Waals surface area contributed by atoms with E-state index in [1.165, 1.54) is 12.1 Å². The lowest BCUT2D eigenvalue weighted by atomic mass is 9.99. The van der Waals surface area contributed by atoms with Crippen LogP contribution >= 0.6 is 11.6 Å². The van der Waals surface area contributed by atoms with Gasteiger partial charge >= 0.3 is 12.1 Å². The quantitative estimate of drug-likeness (QED) is 0.931. The van der Waals surface area contributed by atoms with Crippen LogP contribution < -0.4 is 0 Å². The summed E-state index contributed by atoms with van der Waals surface area (Å²) in [6, 6.07) is 3.75. The minimum absolute atomic E-state index is 0.296. The monoisotopic (exact) mass is 293 g/mol. The van der Waals surface area contributed by atoms with Crippen molar-refractivity contribution in [1.29, 1.82) is 0 Å². The number of benzene rings is 1. The molecule has 1 heterocycles. The third-order valence-electron chi connectivity index (χ3n) is 3.05. The van der Waals surface area contributed by atoms with Gasteiger partial charge in [-0.25, -0.2) is 0 Å². The SMILES string of the molecule is O=C(O)C1CN(Cc2ccc(Cl)c(C(F)(F)F)c2)C1. The number of carboxylic acids is 1. The summed E-state index contributed by atoms with van der Waals surface area (Å²) in [5.41, 5.74) is -0.387. The fourth-order valence-electron chi connectivity index (χ4n) is 2.00. The summed E-state index contributed by atoms with van der Waals surface area (Å²) in [7, 11) is 0. The maximum Gasteiger partial charge on any atom is 0.417 e. The lowest BCUT2D eigenvalue weighted by Crippen LogP contribution is -2.49. The van der Waals surface area contributed by atoms with Crippen LogP contribution in [0.4, 0.5) is 13.2 Å². The second kappa shape index (κ2) is 5.02. The van der Waals surface area contributed by atoms with E-state index in [-0.39, 0.29) is 5.02 Å². The van der Waals surface area contributed by atoms with Gasteiger partial charge in [0.15, 0.2) is 0 Å². The van der Waals surface area contributed by atoms with E-state index >= 15 is 0 Å². The molecular formula is C12H11ClF3NO2.